The highest BCUT2D eigenvalue weighted by molar-refractivity contribution is 5.30. The molecular formula is C17H27N3. The largest absolute Gasteiger partial charge is 0.328 e. The van der Waals surface area contributed by atoms with Gasteiger partial charge in [-0.15, -0.1) is 0 Å². The Hall–Kier alpha value is -0.830. The molecule has 4 bridgehead atoms. The standard InChI is InChI=1S/C17H27N3/c1-9(18)3-15-10(2)17(20-19-15)16-13-5-11-4-12(7-13)8-14(16)6-11/h9,11-14,16H,3-8,18H2,1-2H3,(H,19,20). The van der Waals surface area contributed by atoms with Crippen LogP contribution in [0.15, 0.2) is 0 Å². The van der Waals surface area contributed by atoms with E-state index in [-0.39, 0.29) is 6.04 Å². The molecule has 4 aliphatic carbocycles. The first kappa shape index (κ1) is 12.9. The molecule has 0 spiro atoms. The van der Waals surface area contributed by atoms with Crippen LogP contribution in [0.4, 0.5) is 0 Å². The van der Waals surface area contributed by atoms with Crippen LogP contribution in [0.25, 0.3) is 0 Å². The molecule has 4 fully saturated rings. The van der Waals surface area contributed by atoms with Crippen molar-refractivity contribution in [2.75, 3.05) is 0 Å². The van der Waals surface area contributed by atoms with Crippen molar-refractivity contribution in [3.05, 3.63) is 17.0 Å². The number of H-pyrrole nitrogens is 1. The Balaban J connectivity index is 1.63. The lowest BCUT2D eigenvalue weighted by Gasteiger charge is -2.54. The molecule has 1 heterocycles. The Labute approximate surface area is 121 Å². The third kappa shape index (κ3) is 1.93. The van der Waals surface area contributed by atoms with E-state index in [0.29, 0.717) is 0 Å². The molecule has 1 aromatic heterocycles. The van der Waals surface area contributed by atoms with E-state index in [1.165, 1.54) is 49.1 Å². The highest BCUT2D eigenvalue weighted by Crippen LogP contribution is 2.59. The Morgan fingerprint density at radius 2 is 1.75 bits per heavy atom. The van der Waals surface area contributed by atoms with Crippen molar-refractivity contribution in [1.29, 1.82) is 0 Å². The molecule has 3 nitrogen and oxygen atoms in total. The van der Waals surface area contributed by atoms with E-state index < -0.39 is 0 Å². The minimum atomic E-state index is 0.209. The van der Waals surface area contributed by atoms with Gasteiger partial charge < -0.3 is 5.73 Å². The van der Waals surface area contributed by atoms with E-state index in [2.05, 4.69) is 18.9 Å². The van der Waals surface area contributed by atoms with Crippen molar-refractivity contribution in [1.82, 2.24) is 10.2 Å². The minimum absolute atomic E-state index is 0.209. The summed E-state index contributed by atoms with van der Waals surface area (Å²) >= 11 is 0. The summed E-state index contributed by atoms with van der Waals surface area (Å²) in [5.41, 5.74) is 10.0. The highest BCUT2D eigenvalue weighted by Gasteiger charge is 2.49. The zero-order chi connectivity index (χ0) is 13.9. The first-order chi connectivity index (χ1) is 9.61. The van der Waals surface area contributed by atoms with Gasteiger partial charge in [-0.2, -0.15) is 5.10 Å². The molecule has 5 rings (SSSR count). The second kappa shape index (κ2) is 4.59. The molecule has 0 saturated heterocycles. The average molecular weight is 273 g/mol. The van der Waals surface area contributed by atoms with Gasteiger partial charge >= 0.3 is 0 Å². The van der Waals surface area contributed by atoms with Crippen molar-refractivity contribution in [2.24, 2.45) is 29.4 Å². The van der Waals surface area contributed by atoms with Gasteiger partial charge in [0.05, 0.1) is 5.69 Å². The summed E-state index contributed by atoms with van der Waals surface area (Å²) in [5.74, 6) is 4.64. The molecule has 0 aliphatic heterocycles. The molecule has 1 aromatic rings. The molecule has 0 aromatic carbocycles. The van der Waals surface area contributed by atoms with E-state index in [0.717, 1.165) is 36.0 Å². The van der Waals surface area contributed by atoms with Gasteiger partial charge in [-0.1, -0.05) is 0 Å². The predicted molar refractivity (Wildman–Crippen MR) is 80.5 cm³/mol. The summed E-state index contributed by atoms with van der Waals surface area (Å²) in [4.78, 5) is 0. The zero-order valence-electron chi connectivity index (χ0n) is 12.7. The van der Waals surface area contributed by atoms with Gasteiger partial charge in [-0.3, -0.25) is 5.10 Å². The van der Waals surface area contributed by atoms with Gasteiger partial charge in [-0.25, -0.2) is 0 Å². The fraction of sp³-hybridized carbons (Fsp3) is 0.824. The highest BCUT2D eigenvalue weighted by atomic mass is 15.1. The maximum absolute atomic E-state index is 5.95. The van der Waals surface area contributed by atoms with E-state index in [1.54, 1.807) is 0 Å². The van der Waals surface area contributed by atoms with Crippen molar-refractivity contribution in [2.45, 2.75) is 64.3 Å². The van der Waals surface area contributed by atoms with Crippen molar-refractivity contribution >= 4 is 0 Å². The van der Waals surface area contributed by atoms with Crippen LogP contribution < -0.4 is 5.73 Å². The molecule has 3 N–H and O–H groups in total. The van der Waals surface area contributed by atoms with E-state index in [1.807, 2.05) is 0 Å². The molecule has 4 aliphatic rings. The van der Waals surface area contributed by atoms with Crippen LogP contribution in [0, 0.1) is 30.6 Å². The van der Waals surface area contributed by atoms with Gasteiger partial charge in [0, 0.05) is 24.1 Å². The second-order valence-corrected chi connectivity index (χ2v) is 7.85. The molecule has 20 heavy (non-hydrogen) atoms. The third-order valence-electron chi connectivity index (χ3n) is 6.22. The van der Waals surface area contributed by atoms with Gasteiger partial charge in [0.25, 0.3) is 0 Å². The molecule has 3 heteroatoms. The normalized spacial score (nSPS) is 40.2. The number of hydrogen-bond acceptors (Lipinski definition) is 2. The topological polar surface area (TPSA) is 54.7 Å². The molecule has 4 saturated carbocycles. The molecule has 0 amide bonds. The van der Waals surface area contributed by atoms with Crippen LogP contribution in [-0.2, 0) is 6.42 Å². The molecular weight excluding hydrogens is 246 g/mol. The summed E-state index contributed by atoms with van der Waals surface area (Å²) < 4.78 is 0. The first-order valence-corrected chi connectivity index (χ1v) is 8.41. The lowest BCUT2D eigenvalue weighted by Crippen LogP contribution is -2.44. The predicted octanol–water partition coefficient (Wildman–Crippen LogP) is 3.15. The monoisotopic (exact) mass is 273 g/mol. The number of nitrogens with zero attached hydrogens (tertiary/aromatic N) is 1. The maximum Gasteiger partial charge on any atom is 0.0690 e. The van der Waals surface area contributed by atoms with E-state index in [9.17, 15) is 0 Å². The Morgan fingerprint density at radius 3 is 2.30 bits per heavy atom. The third-order valence-corrected chi connectivity index (χ3v) is 6.22. The smallest absolute Gasteiger partial charge is 0.0690 e. The summed E-state index contributed by atoms with van der Waals surface area (Å²) in [6, 6.07) is 0.209. The fourth-order valence-corrected chi connectivity index (χ4v) is 5.67. The van der Waals surface area contributed by atoms with Gasteiger partial charge in [0.2, 0.25) is 0 Å². The molecule has 0 radical (unpaired) electrons. The number of nitrogens with two attached hydrogens (primary N) is 1. The van der Waals surface area contributed by atoms with E-state index in [4.69, 9.17) is 10.8 Å². The second-order valence-electron chi connectivity index (χ2n) is 7.85. The lowest BCUT2D eigenvalue weighted by atomic mass is 9.51. The van der Waals surface area contributed by atoms with Crippen molar-refractivity contribution in [3.8, 4) is 0 Å². The van der Waals surface area contributed by atoms with Crippen LogP contribution in [0.5, 0.6) is 0 Å². The van der Waals surface area contributed by atoms with Gasteiger partial charge in [0.1, 0.15) is 0 Å². The number of rotatable bonds is 3. The number of aromatic nitrogens is 2. The van der Waals surface area contributed by atoms with Crippen LogP contribution >= 0.6 is 0 Å². The zero-order valence-corrected chi connectivity index (χ0v) is 12.7. The Bertz CT molecular complexity index is 474. The number of aromatic amines is 1. The number of nitrogens with one attached hydrogen (secondary N) is 1. The van der Waals surface area contributed by atoms with Crippen LogP contribution in [0.1, 0.15) is 61.9 Å². The van der Waals surface area contributed by atoms with Crippen molar-refractivity contribution < 1.29 is 0 Å². The van der Waals surface area contributed by atoms with Crippen molar-refractivity contribution in [3.63, 3.8) is 0 Å². The summed E-state index contributed by atoms with van der Waals surface area (Å²) in [6.07, 6.45) is 8.31. The maximum atomic E-state index is 5.95. The molecule has 110 valence electrons. The number of hydrogen-bond donors (Lipinski definition) is 2. The first-order valence-electron chi connectivity index (χ1n) is 8.41. The summed E-state index contributed by atoms with van der Waals surface area (Å²) in [7, 11) is 0. The molecule has 1 unspecified atom stereocenters. The average Bonchev–Trinajstić information content (AvgIpc) is 2.70. The van der Waals surface area contributed by atoms with Crippen LogP contribution in [0.2, 0.25) is 0 Å². The van der Waals surface area contributed by atoms with E-state index >= 15 is 0 Å². The Kier molecular flexibility index (Phi) is 2.95. The SMILES string of the molecule is Cc1c(C2C3CC4CC(C3)CC2C4)n[nH]c1CC(C)N. The molecule has 1 atom stereocenters. The summed E-state index contributed by atoms with van der Waals surface area (Å²) in [6.45, 7) is 4.32. The van der Waals surface area contributed by atoms with Crippen LogP contribution in [0.3, 0.4) is 0 Å². The fourth-order valence-electron chi connectivity index (χ4n) is 5.67. The lowest BCUT2D eigenvalue weighted by molar-refractivity contribution is -0.00437. The van der Waals surface area contributed by atoms with Gasteiger partial charge in [-0.05, 0) is 75.2 Å². The minimum Gasteiger partial charge on any atom is -0.328 e. The van der Waals surface area contributed by atoms with Gasteiger partial charge in [0.15, 0.2) is 0 Å². The Morgan fingerprint density at radius 1 is 1.15 bits per heavy atom. The van der Waals surface area contributed by atoms with Crippen LogP contribution in [-0.4, -0.2) is 16.2 Å². The quantitative estimate of drug-likeness (QED) is 0.889. The summed E-state index contributed by atoms with van der Waals surface area (Å²) in [5, 5.41) is 8.02.